The summed E-state index contributed by atoms with van der Waals surface area (Å²) in [6.07, 6.45) is 2.90. The van der Waals surface area contributed by atoms with Gasteiger partial charge in [-0.25, -0.2) is 0 Å². The number of fused-ring (bicyclic) bond motifs is 1. The second-order valence-corrected chi connectivity index (χ2v) is 5.62. The largest absolute Gasteiger partial charge is 0.444 e. The van der Waals surface area contributed by atoms with Gasteiger partial charge in [0, 0.05) is 5.56 Å². The molecular weight excluding hydrogens is 312 g/mol. The van der Waals surface area contributed by atoms with Crippen LogP contribution in [0.4, 0.5) is 5.88 Å². The van der Waals surface area contributed by atoms with Crippen molar-refractivity contribution in [3.05, 3.63) is 33.8 Å². The second kappa shape index (κ2) is 4.85. The van der Waals surface area contributed by atoms with Crippen LogP contribution in [0.3, 0.4) is 0 Å². The molecule has 0 fully saturated rings. The molecule has 0 radical (unpaired) electrons. The molecule has 0 aromatic carbocycles. The van der Waals surface area contributed by atoms with Gasteiger partial charge in [-0.15, -0.1) is 0 Å². The number of hydrogen-bond acceptors (Lipinski definition) is 4. The van der Waals surface area contributed by atoms with Gasteiger partial charge in [0.25, 0.3) is 5.91 Å². The number of halogens is 1. The Morgan fingerprint density at radius 1 is 1.53 bits per heavy atom. The summed E-state index contributed by atoms with van der Waals surface area (Å²) in [6, 6.07) is 3.28. The van der Waals surface area contributed by atoms with Gasteiger partial charge in [-0.3, -0.25) is 10.1 Å². The van der Waals surface area contributed by atoms with Crippen molar-refractivity contribution in [2.24, 2.45) is 5.92 Å². The quantitative estimate of drug-likeness (QED) is 0.919. The van der Waals surface area contributed by atoms with E-state index in [1.165, 1.54) is 0 Å². The zero-order valence-corrected chi connectivity index (χ0v) is 12.0. The Balaban J connectivity index is 1.81. The monoisotopic (exact) mass is 324 g/mol. The van der Waals surface area contributed by atoms with Gasteiger partial charge in [0.15, 0.2) is 10.4 Å². The summed E-state index contributed by atoms with van der Waals surface area (Å²) in [4.78, 5) is 12.0. The highest BCUT2D eigenvalue weighted by Gasteiger charge is 2.25. The molecule has 1 atom stereocenters. The van der Waals surface area contributed by atoms with Gasteiger partial charge in [0.1, 0.15) is 0 Å². The van der Waals surface area contributed by atoms with Crippen LogP contribution >= 0.6 is 15.9 Å². The zero-order chi connectivity index (χ0) is 13.4. The number of amides is 1. The first kappa shape index (κ1) is 12.5. The first-order chi connectivity index (χ1) is 9.13. The highest BCUT2D eigenvalue weighted by molar-refractivity contribution is 9.10. The van der Waals surface area contributed by atoms with Gasteiger partial charge in [-0.2, -0.15) is 0 Å². The van der Waals surface area contributed by atoms with Gasteiger partial charge < -0.3 is 8.94 Å². The molecule has 2 aromatic rings. The van der Waals surface area contributed by atoms with Crippen molar-refractivity contribution < 1.29 is 13.7 Å². The van der Waals surface area contributed by atoms with E-state index in [0.29, 0.717) is 16.5 Å². The van der Waals surface area contributed by atoms with E-state index in [1.807, 2.05) is 0 Å². The molecular formula is C13H13BrN2O3. The lowest BCUT2D eigenvalue weighted by Gasteiger charge is -2.16. The maximum absolute atomic E-state index is 12.0. The lowest BCUT2D eigenvalue weighted by molar-refractivity contribution is 0.0992. The number of furan rings is 1. The molecule has 1 aliphatic carbocycles. The smallest absolute Gasteiger partial charge is 0.293 e. The summed E-state index contributed by atoms with van der Waals surface area (Å²) in [7, 11) is 0. The Bertz CT molecular complexity index is 617. The van der Waals surface area contributed by atoms with Crippen LogP contribution in [0.25, 0.3) is 0 Å². The van der Waals surface area contributed by atoms with E-state index in [-0.39, 0.29) is 11.7 Å². The van der Waals surface area contributed by atoms with Crippen LogP contribution in [0.1, 0.15) is 35.2 Å². The average Bonchev–Trinajstić information content (AvgIpc) is 2.97. The number of aryl methyl sites for hydroxylation is 1. The average molecular weight is 325 g/mol. The minimum Gasteiger partial charge on any atom is -0.444 e. The molecule has 2 aromatic heterocycles. The molecule has 0 saturated carbocycles. The summed E-state index contributed by atoms with van der Waals surface area (Å²) in [6.45, 7) is 2.19. The number of hydrogen-bond donors (Lipinski definition) is 1. The molecule has 0 spiro atoms. The van der Waals surface area contributed by atoms with Crippen molar-refractivity contribution in [2.75, 3.05) is 5.32 Å². The molecule has 0 bridgehead atoms. The number of nitrogens with zero attached hydrogens (tertiary/aromatic N) is 1. The molecule has 5 nitrogen and oxygen atoms in total. The van der Waals surface area contributed by atoms with Gasteiger partial charge in [0.2, 0.25) is 5.88 Å². The molecule has 2 heterocycles. The van der Waals surface area contributed by atoms with Crippen LogP contribution in [0.2, 0.25) is 0 Å². The minimum absolute atomic E-state index is 0.237. The van der Waals surface area contributed by atoms with Gasteiger partial charge in [0.05, 0.1) is 5.69 Å². The predicted molar refractivity (Wildman–Crippen MR) is 72.1 cm³/mol. The fraction of sp³-hybridized carbons (Fsp3) is 0.385. The number of carbonyl (C=O) groups excluding carboxylic acids is 1. The highest BCUT2D eigenvalue weighted by Crippen LogP contribution is 2.30. The Morgan fingerprint density at radius 3 is 3.11 bits per heavy atom. The Labute approximate surface area is 118 Å². The van der Waals surface area contributed by atoms with Crippen molar-refractivity contribution in [1.82, 2.24) is 5.16 Å². The molecule has 0 aliphatic heterocycles. The molecule has 1 aliphatic rings. The van der Waals surface area contributed by atoms with Crippen molar-refractivity contribution >= 4 is 27.7 Å². The van der Waals surface area contributed by atoms with Crippen molar-refractivity contribution in [3.8, 4) is 0 Å². The summed E-state index contributed by atoms with van der Waals surface area (Å²) in [5, 5.41) is 6.73. The van der Waals surface area contributed by atoms with Crippen LogP contribution < -0.4 is 5.32 Å². The summed E-state index contributed by atoms with van der Waals surface area (Å²) in [5.41, 5.74) is 1.96. The number of aromatic nitrogens is 1. The van der Waals surface area contributed by atoms with Crippen LogP contribution in [-0.4, -0.2) is 11.1 Å². The van der Waals surface area contributed by atoms with Crippen LogP contribution in [-0.2, 0) is 12.8 Å². The number of carbonyl (C=O) groups is 1. The van der Waals surface area contributed by atoms with Crippen molar-refractivity contribution in [1.29, 1.82) is 0 Å². The lowest BCUT2D eigenvalue weighted by atomic mass is 9.89. The molecule has 1 amide bonds. The van der Waals surface area contributed by atoms with Gasteiger partial charge in [-0.1, -0.05) is 12.1 Å². The van der Waals surface area contributed by atoms with Gasteiger partial charge in [-0.05, 0) is 53.2 Å². The van der Waals surface area contributed by atoms with Crippen molar-refractivity contribution in [2.45, 2.75) is 26.2 Å². The first-order valence-electron chi connectivity index (χ1n) is 6.17. The highest BCUT2D eigenvalue weighted by atomic mass is 79.9. The maximum atomic E-state index is 12.0. The fourth-order valence-corrected chi connectivity index (χ4v) is 2.59. The molecule has 3 rings (SSSR count). The standard InChI is InChI=1S/C13H13BrN2O3/c1-7-2-3-9-8(6-7)13(19-16-9)15-12(17)10-4-5-11(14)18-10/h4-5,7H,2-3,6H2,1H3,(H,15,17)/t7-/m1/s1. The maximum Gasteiger partial charge on any atom is 0.293 e. The Hall–Kier alpha value is -1.56. The van der Waals surface area contributed by atoms with E-state index in [4.69, 9.17) is 8.94 Å². The Kier molecular flexibility index (Phi) is 3.18. The van der Waals surface area contributed by atoms with E-state index in [0.717, 1.165) is 30.5 Å². The molecule has 0 unspecified atom stereocenters. The van der Waals surface area contributed by atoms with E-state index < -0.39 is 0 Å². The third-order valence-corrected chi connectivity index (χ3v) is 3.75. The van der Waals surface area contributed by atoms with E-state index >= 15 is 0 Å². The molecule has 100 valence electrons. The third kappa shape index (κ3) is 2.45. The summed E-state index contributed by atoms with van der Waals surface area (Å²) >= 11 is 3.16. The van der Waals surface area contributed by atoms with E-state index in [1.54, 1.807) is 12.1 Å². The van der Waals surface area contributed by atoms with Crippen LogP contribution in [0.5, 0.6) is 0 Å². The van der Waals surface area contributed by atoms with E-state index in [9.17, 15) is 4.79 Å². The lowest BCUT2D eigenvalue weighted by Crippen LogP contribution is -2.15. The Morgan fingerprint density at radius 2 is 2.37 bits per heavy atom. The molecule has 1 N–H and O–H groups in total. The third-order valence-electron chi connectivity index (χ3n) is 3.32. The SMILES string of the molecule is C[C@@H]1CCc2noc(NC(=O)c3ccc(Br)o3)c2C1. The van der Waals surface area contributed by atoms with Crippen molar-refractivity contribution in [3.63, 3.8) is 0 Å². The minimum atomic E-state index is -0.331. The normalized spacial score (nSPS) is 18.1. The summed E-state index contributed by atoms with van der Waals surface area (Å²) in [5.74, 6) is 0.933. The topological polar surface area (TPSA) is 68.3 Å². The number of nitrogens with one attached hydrogen (secondary N) is 1. The molecule has 0 saturated heterocycles. The molecule has 6 heteroatoms. The first-order valence-corrected chi connectivity index (χ1v) is 6.97. The number of rotatable bonds is 2. The second-order valence-electron chi connectivity index (χ2n) is 4.84. The van der Waals surface area contributed by atoms with Gasteiger partial charge >= 0.3 is 0 Å². The zero-order valence-electron chi connectivity index (χ0n) is 10.4. The van der Waals surface area contributed by atoms with Crippen LogP contribution in [0, 0.1) is 5.92 Å². The molecule has 19 heavy (non-hydrogen) atoms. The fourth-order valence-electron chi connectivity index (χ4n) is 2.28. The summed E-state index contributed by atoms with van der Waals surface area (Å²) < 4.78 is 11.0. The van der Waals surface area contributed by atoms with Crippen LogP contribution in [0.15, 0.2) is 25.7 Å². The predicted octanol–water partition coefficient (Wildman–Crippen LogP) is 3.41. The van der Waals surface area contributed by atoms with E-state index in [2.05, 4.69) is 33.3 Å². The number of anilines is 1.